The number of rotatable bonds is 5. The van der Waals surface area contributed by atoms with Crippen molar-refractivity contribution in [3.63, 3.8) is 0 Å². The molecule has 2 aromatic rings. The van der Waals surface area contributed by atoms with Crippen LogP contribution >= 0.6 is 0 Å². The zero-order valence-corrected chi connectivity index (χ0v) is 16.1. The van der Waals surface area contributed by atoms with Gasteiger partial charge in [0, 0.05) is 43.0 Å². The number of hydrogen-bond donors (Lipinski definition) is 4. The normalized spacial score (nSPS) is 16.9. The minimum Gasteiger partial charge on any atom is -0.504 e. The van der Waals surface area contributed by atoms with Gasteiger partial charge in [-0.1, -0.05) is 13.3 Å². The molecule has 29 heavy (non-hydrogen) atoms. The average Bonchev–Trinajstić information content (AvgIpc) is 3.23. The molecule has 1 atom stereocenters. The molecular formula is C21H24N2O6. The highest BCUT2D eigenvalue weighted by molar-refractivity contribution is 5.71. The zero-order chi connectivity index (χ0) is 20.5. The van der Waals surface area contributed by atoms with E-state index in [-0.39, 0.29) is 23.0 Å². The summed E-state index contributed by atoms with van der Waals surface area (Å²) in [6.07, 6.45) is 1.68. The Labute approximate surface area is 168 Å². The van der Waals surface area contributed by atoms with Gasteiger partial charge in [0.25, 0.3) is 0 Å². The van der Waals surface area contributed by atoms with E-state index in [1.165, 1.54) is 12.1 Å². The van der Waals surface area contributed by atoms with Crippen LogP contribution in [0.3, 0.4) is 0 Å². The smallest absolute Gasteiger partial charge is 0.504 e. The molecular weight excluding hydrogens is 376 g/mol. The quantitative estimate of drug-likeness (QED) is 0.261. The molecule has 0 saturated carbocycles. The Morgan fingerprint density at radius 3 is 2.69 bits per heavy atom. The van der Waals surface area contributed by atoms with Gasteiger partial charge in [-0.25, -0.2) is 4.79 Å². The molecule has 0 fully saturated rings. The highest BCUT2D eigenvalue weighted by Gasteiger charge is 2.27. The van der Waals surface area contributed by atoms with Crippen LogP contribution in [-0.2, 0) is 17.6 Å². The number of benzene rings is 2. The summed E-state index contributed by atoms with van der Waals surface area (Å²) in [5.41, 5.74) is 3.29. The summed E-state index contributed by atoms with van der Waals surface area (Å²) >= 11 is 0. The Bertz CT molecular complexity index is 914. The molecule has 8 heteroatoms. The number of hydrogen-bond acceptors (Lipinski definition) is 8. The Kier molecular flexibility index (Phi) is 5.00. The second-order valence-corrected chi connectivity index (χ2v) is 7.34. The van der Waals surface area contributed by atoms with E-state index < -0.39 is 12.4 Å². The molecule has 4 rings (SSSR count). The van der Waals surface area contributed by atoms with Crippen molar-refractivity contribution in [2.75, 3.05) is 23.3 Å². The fourth-order valence-electron chi connectivity index (χ4n) is 3.78. The van der Waals surface area contributed by atoms with E-state index in [0.717, 1.165) is 43.6 Å². The van der Waals surface area contributed by atoms with Crippen molar-refractivity contribution in [1.82, 2.24) is 0 Å². The van der Waals surface area contributed by atoms with Crippen molar-refractivity contribution in [1.29, 1.82) is 0 Å². The maximum Gasteiger partial charge on any atom is 0.515 e. The second-order valence-electron chi connectivity index (χ2n) is 7.34. The van der Waals surface area contributed by atoms with E-state index in [0.29, 0.717) is 17.7 Å². The van der Waals surface area contributed by atoms with Crippen LogP contribution in [0.25, 0.3) is 0 Å². The lowest BCUT2D eigenvalue weighted by Crippen LogP contribution is -2.26. The summed E-state index contributed by atoms with van der Waals surface area (Å²) in [5, 5.41) is 32.3. The van der Waals surface area contributed by atoms with Crippen molar-refractivity contribution in [2.45, 2.75) is 38.8 Å². The third kappa shape index (κ3) is 3.83. The minimum atomic E-state index is -0.947. The molecule has 0 aromatic heterocycles. The van der Waals surface area contributed by atoms with Gasteiger partial charge in [-0.05, 0) is 36.1 Å². The molecule has 0 aliphatic carbocycles. The second kappa shape index (κ2) is 7.62. The van der Waals surface area contributed by atoms with Gasteiger partial charge >= 0.3 is 6.16 Å². The monoisotopic (exact) mass is 400 g/mol. The molecule has 0 radical (unpaired) electrons. The summed E-state index contributed by atoms with van der Waals surface area (Å²) in [6.45, 7) is 3.94. The van der Waals surface area contributed by atoms with Gasteiger partial charge in [0.1, 0.15) is 0 Å². The predicted octanol–water partition coefficient (Wildman–Crippen LogP) is 3.48. The SMILES string of the molecule is CCCCN1CCc2cc(O)c(OC(=O)OC3Cc4cc(O)c(O)cc4N3)cc21. The van der Waals surface area contributed by atoms with Crippen LogP contribution in [0, 0.1) is 0 Å². The number of nitrogens with zero attached hydrogens (tertiary/aromatic N) is 1. The number of aromatic hydroxyl groups is 3. The summed E-state index contributed by atoms with van der Waals surface area (Å²) in [4.78, 5) is 14.5. The van der Waals surface area contributed by atoms with Gasteiger partial charge in [-0.15, -0.1) is 0 Å². The third-order valence-corrected chi connectivity index (χ3v) is 5.29. The molecule has 4 N–H and O–H groups in total. The molecule has 0 bridgehead atoms. The van der Waals surface area contributed by atoms with E-state index in [9.17, 15) is 20.1 Å². The molecule has 0 spiro atoms. The number of fused-ring (bicyclic) bond motifs is 2. The number of unbranched alkanes of at least 4 members (excludes halogenated alkanes) is 1. The fraction of sp³-hybridized carbons (Fsp3) is 0.381. The molecule has 0 amide bonds. The molecule has 2 aliphatic heterocycles. The van der Waals surface area contributed by atoms with E-state index in [4.69, 9.17) is 9.47 Å². The Morgan fingerprint density at radius 1 is 1.14 bits per heavy atom. The maximum absolute atomic E-state index is 12.3. The van der Waals surface area contributed by atoms with Crippen LogP contribution in [0.4, 0.5) is 16.2 Å². The molecule has 2 aromatic carbocycles. The fourth-order valence-corrected chi connectivity index (χ4v) is 3.78. The van der Waals surface area contributed by atoms with Crippen molar-refractivity contribution >= 4 is 17.5 Å². The van der Waals surface area contributed by atoms with E-state index >= 15 is 0 Å². The van der Waals surface area contributed by atoms with Crippen molar-refractivity contribution in [3.8, 4) is 23.0 Å². The molecule has 154 valence electrons. The highest BCUT2D eigenvalue weighted by Crippen LogP contribution is 2.39. The van der Waals surface area contributed by atoms with Crippen LogP contribution < -0.4 is 15.0 Å². The Morgan fingerprint density at radius 2 is 1.90 bits per heavy atom. The molecule has 1 unspecified atom stereocenters. The average molecular weight is 400 g/mol. The largest absolute Gasteiger partial charge is 0.515 e. The van der Waals surface area contributed by atoms with Crippen LogP contribution in [-0.4, -0.2) is 40.8 Å². The first kappa shape index (κ1) is 19.0. The van der Waals surface area contributed by atoms with Gasteiger partial charge in [0.05, 0.1) is 0 Å². The zero-order valence-electron chi connectivity index (χ0n) is 16.1. The molecule has 0 saturated heterocycles. The molecule has 2 aliphatic rings. The summed E-state index contributed by atoms with van der Waals surface area (Å²) < 4.78 is 10.5. The number of phenolic OH excluding ortho intramolecular Hbond substituents is 3. The van der Waals surface area contributed by atoms with Crippen LogP contribution in [0.2, 0.25) is 0 Å². The number of ether oxygens (including phenoxy) is 2. The predicted molar refractivity (Wildman–Crippen MR) is 107 cm³/mol. The topological polar surface area (TPSA) is 111 Å². The Balaban J connectivity index is 1.42. The first-order valence-electron chi connectivity index (χ1n) is 9.75. The van der Waals surface area contributed by atoms with E-state index in [1.54, 1.807) is 12.1 Å². The third-order valence-electron chi connectivity index (χ3n) is 5.29. The first-order chi connectivity index (χ1) is 13.9. The van der Waals surface area contributed by atoms with Crippen molar-refractivity contribution < 1.29 is 29.6 Å². The van der Waals surface area contributed by atoms with E-state index in [2.05, 4.69) is 17.1 Å². The number of carbonyl (C=O) groups excluding carboxylic acids is 1. The lowest BCUT2D eigenvalue weighted by Gasteiger charge is -2.20. The number of anilines is 2. The van der Waals surface area contributed by atoms with Gasteiger partial charge in [-0.3, -0.25) is 0 Å². The number of carbonyl (C=O) groups is 1. The highest BCUT2D eigenvalue weighted by atomic mass is 16.7. The number of nitrogens with one attached hydrogen (secondary N) is 1. The lowest BCUT2D eigenvalue weighted by molar-refractivity contribution is 0.0710. The van der Waals surface area contributed by atoms with Gasteiger partial charge in [0.2, 0.25) is 0 Å². The maximum atomic E-state index is 12.3. The number of phenols is 3. The van der Waals surface area contributed by atoms with Crippen molar-refractivity contribution in [3.05, 3.63) is 35.4 Å². The van der Waals surface area contributed by atoms with E-state index in [1.807, 2.05) is 0 Å². The van der Waals surface area contributed by atoms with Crippen LogP contribution in [0.1, 0.15) is 30.9 Å². The first-order valence-corrected chi connectivity index (χ1v) is 9.75. The minimum absolute atomic E-state index is 0.0583. The van der Waals surface area contributed by atoms with Gasteiger partial charge in [-0.2, -0.15) is 0 Å². The van der Waals surface area contributed by atoms with Crippen molar-refractivity contribution in [2.24, 2.45) is 0 Å². The van der Waals surface area contributed by atoms with Gasteiger partial charge in [0.15, 0.2) is 29.2 Å². The molecule has 8 nitrogen and oxygen atoms in total. The van der Waals surface area contributed by atoms with Crippen LogP contribution in [0.5, 0.6) is 23.0 Å². The Hall–Kier alpha value is -3.29. The summed E-state index contributed by atoms with van der Waals surface area (Å²) in [6, 6.07) is 6.11. The van der Waals surface area contributed by atoms with Crippen LogP contribution in [0.15, 0.2) is 24.3 Å². The standard InChI is InChI=1S/C21H24N2O6/c1-2-3-5-23-6-4-12-7-18(26)19(11-15(12)23)28-21(27)29-20-9-13-8-16(24)17(25)10-14(13)22-20/h7-8,10-11,20,22,24-26H,2-6,9H2,1H3. The lowest BCUT2D eigenvalue weighted by atomic mass is 10.1. The molecule has 2 heterocycles. The summed E-state index contributed by atoms with van der Waals surface area (Å²) in [5.74, 6) is -0.530. The summed E-state index contributed by atoms with van der Waals surface area (Å²) in [7, 11) is 0. The van der Waals surface area contributed by atoms with Gasteiger partial charge < -0.3 is 35.0 Å².